The molecule has 5 nitrogen and oxygen atoms in total. The van der Waals surface area contributed by atoms with Gasteiger partial charge in [-0.25, -0.2) is 4.98 Å². The third-order valence-corrected chi connectivity index (χ3v) is 4.57. The number of nitrogens with one attached hydrogen (secondary N) is 1. The Morgan fingerprint density at radius 2 is 2.24 bits per heavy atom. The number of hydrogen-bond donors (Lipinski definition) is 2. The molecule has 0 radical (unpaired) electrons. The number of rotatable bonds is 7. The van der Waals surface area contributed by atoms with Crippen LogP contribution in [0.5, 0.6) is 0 Å². The Labute approximate surface area is 130 Å². The Kier molecular flexibility index (Phi) is 5.46. The van der Waals surface area contributed by atoms with Crippen LogP contribution in [0.4, 0.5) is 0 Å². The van der Waals surface area contributed by atoms with Crippen molar-refractivity contribution in [2.45, 2.75) is 19.8 Å². The first kappa shape index (κ1) is 15.7. The van der Waals surface area contributed by atoms with Crippen molar-refractivity contribution in [2.24, 2.45) is 5.92 Å². The fraction of sp³-hybridized carbons (Fsp3) is 0.357. The standard InChI is InChI=1S/C14H16N2O3S2/c1-2-3-9(14(18)19)6-15-12(17)11-8-21-13(16-11)10-4-5-20-7-10/h4-5,7-9H,2-3,6H2,1H3,(H,15,17)(H,18,19). The monoisotopic (exact) mass is 324 g/mol. The van der Waals surface area contributed by atoms with Gasteiger partial charge in [-0.2, -0.15) is 11.3 Å². The van der Waals surface area contributed by atoms with Crippen molar-refractivity contribution < 1.29 is 14.7 Å². The molecule has 0 saturated heterocycles. The number of hydrogen-bond acceptors (Lipinski definition) is 5. The topological polar surface area (TPSA) is 79.3 Å². The molecule has 2 heterocycles. The van der Waals surface area contributed by atoms with E-state index in [0.29, 0.717) is 12.1 Å². The highest BCUT2D eigenvalue weighted by Gasteiger charge is 2.19. The molecule has 0 saturated carbocycles. The van der Waals surface area contributed by atoms with Gasteiger partial charge in [0.1, 0.15) is 10.7 Å². The zero-order chi connectivity index (χ0) is 15.2. The van der Waals surface area contributed by atoms with E-state index in [-0.39, 0.29) is 12.5 Å². The van der Waals surface area contributed by atoms with Crippen molar-refractivity contribution in [3.8, 4) is 10.6 Å². The molecule has 2 aromatic heterocycles. The molecular formula is C14H16N2O3S2. The van der Waals surface area contributed by atoms with Crippen LogP contribution >= 0.6 is 22.7 Å². The number of carbonyl (C=O) groups excluding carboxylic acids is 1. The Bertz CT molecular complexity index is 608. The van der Waals surface area contributed by atoms with Crippen LogP contribution in [0.2, 0.25) is 0 Å². The lowest BCUT2D eigenvalue weighted by molar-refractivity contribution is -0.141. The van der Waals surface area contributed by atoms with Gasteiger partial charge < -0.3 is 10.4 Å². The highest BCUT2D eigenvalue weighted by atomic mass is 32.1. The molecule has 7 heteroatoms. The molecule has 0 bridgehead atoms. The second kappa shape index (κ2) is 7.33. The van der Waals surface area contributed by atoms with Crippen LogP contribution < -0.4 is 5.32 Å². The van der Waals surface area contributed by atoms with Crippen LogP contribution in [-0.2, 0) is 4.79 Å². The lowest BCUT2D eigenvalue weighted by Gasteiger charge is -2.11. The van der Waals surface area contributed by atoms with E-state index in [0.717, 1.165) is 17.0 Å². The molecule has 21 heavy (non-hydrogen) atoms. The van der Waals surface area contributed by atoms with Crippen LogP contribution in [0.15, 0.2) is 22.2 Å². The summed E-state index contributed by atoms with van der Waals surface area (Å²) in [5, 5.41) is 18.1. The second-order valence-corrected chi connectivity index (χ2v) is 6.22. The molecule has 0 spiro atoms. The quantitative estimate of drug-likeness (QED) is 0.820. The molecule has 0 fully saturated rings. The predicted octanol–water partition coefficient (Wildman–Crippen LogP) is 3.10. The summed E-state index contributed by atoms with van der Waals surface area (Å²) < 4.78 is 0. The Morgan fingerprint density at radius 3 is 2.86 bits per heavy atom. The number of thiophene rings is 1. The van der Waals surface area contributed by atoms with E-state index in [1.807, 2.05) is 23.8 Å². The van der Waals surface area contributed by atoms with Crippen LogP contribution in [-0.4, -0.2) is 28.5 Å². The minimum atomic E-state index is -0.880. The third kappa shape index (κ3) is 4.12. The van der Waals surface area contributed by atoms with E-state index in [2.05, 4.69) is 10.3 Å². The number of amides is 1. The van der Waals surface area contributed by atoms with Gasteiger partial charge in [0.15, 0.2) is 0 Å². The summed E-state index contributed by atoms with van der Waals surface area (Å²) in [5.41, 5.74) is 1.33. The number of carboxylic acids is 1. The number of carboxylic acid groups (broad SMARTS) is 1. The van der Waals surface area contributed by atoms with Gasteiger partial charge in [0.25, 0.3) is 5.91 Å². The maximum absolute atomic E-state index is 12.0. The molecule has 2 rings (SSSR count). The van der Waals surface area contributed by atoms with E-state index >= 15 is 0 Å². The average Bonchev–Trinajstić information content (AvgIpc) is 3.11. The first-order valence-electron chi connectivity index (χ1n) is 6.61. The molecule has 0 aliphatic heterocycles. The van der Waals surface area contributed by atoms with Crippen molar-refractivity contribution in [2.75, 3.05) is 6.54 Å². The fourth-order valence-electron chi connectivity index (χ4n) is 1.86. The molecule has 2 N–H and O–H groups in total. The third-order valence-electron chi connectivity index (χ3n) is 3.00. The van der Waals surface area contributed by atoms with Crippen molar-refractivity contribution in [3.05, 3.63) is 27.9 Å². The van der Waals surface area contributed by atoms with Crippen LogP contribution in [0.3, 0.4) is 0 Å². The molecule has 1 amide bonds. The summed E-state index contributed by atoms with van der Waals surface area (Å²) in [4.78, 5) is 27.3. The van der Waals surface area contributed by atoms with Crippen molar-refractivity contribution in [1.29, 1.82) is 0 Å². The molecule has 2 aromatic rings. The molecule has 1 atom stereocenters. The van der Waals surface area contributed by atoms with Crippen molar-refractivity contribution >= 4 is 34.6 Å². The summed E-state index contributed by atoms with van der Waals surface area (Å²) in [5.74, 6) is -1.75. The fourth-order valence-corrected chi connectivity index (χ4v) is 3.38. The van der Waals surface area contributed by atoms with Gasteiger partial charge in [0, 0.05) is 22.9 Å². The number of nitrogens with zero attached hydrogens (tertiary/aromatic N) is 1. The maximum Gasteiger partial charge on any atom is 0.308 e. The van der Waals surface area contributed by atoms with Gasteiger partial charge in [0.2, 0.25) is 0 Å². The highest BCUT2D eigenvalue weighted by Crippen LogP contribution is 2.25. The van der Waals surface area contributed by atoms with Gasteiger partial charge in [-0.1, -0.05) is 13.3 Å². The van der Waals surface area contributed by atoms with Gasteiger partial charge in [-0.05, 0) is 17.9 Å². The smallest absolute Gasteiger partial charge is 0.308 e. The van der Waals surface area contributed by atoms with Crippen molar-refractivity contribution in [1.82, 2.24) is 10.3 Å². The van der Waals surface area contributed by atoms with Crippen LogP contribution in [0, 0.1) is 5.92 Å². The van der Waals surface area contributed by atoms with Gasteiger partial charge in [-0.3, -0.25) is 9.59 Å². The largest absolute Gasteiger partial charge is 0.481 e. The van der Waals surface area contributed by atoms with Gasteiger partial charge in [0.05, 0.1) is 5.92 Å². The summed E-state index contributed by atoms with van der Waals surface area (Å²) in [6.45, 7) is 2.05. The normalized spacial score (nSPS) is 12.0. The molecule has 112 valence electrons. The summed E-state index contributed by atoms with van der Waals surface area (Å²) in [7, 11) is 0. The van der Waals surface area contributed by atoms with E-state index in [9.17, 15) is 9.59 Å². The molecule has 0 aliphatic rings. The summed E-state index contributed by atoms with van der Waals surface area (Å²) >= 11 is 2.98. The number of aromatic nitrogens is 1. The zero-order valence-corrected chi connectivity index (χ0v) is 13.2. The molecule has 0 aromatic carbocycles. The molecule has 0 aliphatic carbocycles. The van der Waals surface area contributed by atoms with E-state index in [1.165, 1.54) is 11.3 Å². The zero-order valence-electron chi connectivity index (χ0n) is 11.5. The minimum Gasteiger partial charge on any atom is -0.481 e. The first-order valence-corrected chi connectivity index (χ1v) is 8.43. The number of carbonyl (C=O) groups is 2. The van der Waals surface area contributed by atoms with Gasteiger partial charge >= 0.3 is 5.97 Å². The molecule has 1 unspecified atom stereocenters. The first-order chi connectivity index (χ1) is 10.1. The van der Waals surface area contributed by atoms with E-state index in [1.54, 1.807) is 16.7 Å². The predicted molar refractivity (Wildman–Crippen MR) is 83.8 cm³/mol. The number of thiazole rings is 1. The Morgan fingerprint density at radius 1 is 1.43 bits per heavy atom. The summed E-state index contributed by atoms with van der Waals surface area (Å²) in [6.07, 6.45) is 1.32. The molecular weight excluding hydrogens is 308 g/mol. The summed E-state index contributed by atoms with van der Waals surface area (Å²) in [6, 6.07) is 1.95. The SMILES string of the molecule is CCCC(CNC(=O)c1csc(-c2ccsc2)n1)C(=O)O. The lowest BCUT2D eigenvalue weighted by atomic mass is 10.0. The second-order valence-electron chi connectivity index (χ2n) is 4.58. The minimum absolute atomic E-state index is 0.132. The van der Waals surface area contributed by atoms with Gasteiger partial charge in [-0.15, -0.1) is 11.3 Å². The average molecular weight is 324 g/mol. The maximum atomic E-state index is 12.0. The lowest BCUT2D eigenvalue weighted by Crippen LogP contribution is -2.33. The Balaban J connectivity index is 1.96. The Hall–Kier alpha value is -1.73. The van der Waals surface area contributed by atoms with E-state index in [4.69, 9.17) is 5.11 Å². The van der Waals surface area contributed by atoms with Crippen LogP contribution in [0.25, 0.3) is 10.6 Å². The number of aliphatic carboxylic acids is 1. The van der Waals surface area contributed by atoms with Crippen LogP contribution in [0.1, 0.15) is 30.3 Å². The van der Waals surface area contributed by atoms with E-state index < -0.39 is 11.9 Å². The van der Waals surface area contributed by atoms with Crippen molar-refractivity contribution in [3.63, 3.8) is 0 Å². The highest BCUT2D eigenvalue weighted by molar-refractivity contribution is 7.14.